The fraction of sp³-hybridized carbons (Fsp3) is 0.619. The Bertz CT molecular complexity index is 774. The van der Waals surface area contributed by atoms with E-state index in [9.17, 15) is 4.79 Å². The molecule has 4 rings (SSSR count). The average molecular weight is 370 g/mol. The molecule has 0 spiro atoms. The molecule has 1 N–H and O–H groups in total. The first-order valence-electron chi connectivity index (χ1n) is 10.2. The summed E-state index contributed by atoms with van der Waals surface area (Å²) in [7, 11) is 3.77. The molecule has 1 unspecified atom stereocenters. The second-order valence-electron chi connectivity index (χ2n) is 8.08. The third-order valence-corrected chi connectivity index (χ3v) is 6.05. The van der Waals surface area contributed by atoms with Crippen LogP contribution in [-0.2, 0) is 26.4 Å². The van der Waals surface area contributed by atoms with Crippen molar-refractivity contribution >= 4 is 5.91 Å². The van der Waals surface area contributed by atoms with Gasteiger partial charge in [0.05, 0.1) is 12.8 Å². The maximum atomic E-state index is 13.0. The second kappa shape index (κ2) is 7.89. The summed E-state index contributed by atoms with van der Waals surface area (Å²) < 4.78 is 7.28. The molecule has 0 radical (unpaired) electrons. The lowest BCUT2D eigenvalue weighted by Gasteiger charge is -2.31. The van der Waals surface area contributed by atoms with Crippen LogP contribution in [0.4, 0.5) is 0 Å². The van der Waals surface area contributed by atoms with Gasteiger partial charge in [0, 0.05) is 37.4 Å². The molecule has 6 nitrogen and oxygen atoms in total. The van der Waals surface area contributed by atoms with Crippen LogP contribution in [0.2, 0.25) is 0 Å². The van der Waals surface area contributed by atoms with Crippen LogP contribution in [0.5, 0.6) is 0 Å². The number of hydrogen-bond donors (Lipinski definition) is 1. The number of aryl methyl sites for hydroxylation is 1. The molecule has 2 aliphatic carbocycles. The van der Waals surface area contributed by atoms with Gasteiger partial charge in [0.25, 0.3) is 5.91 Å². The van der Waals surface area contributed by atoms with Crippen molar-refractivity contribution in [2.45, 2.75) is 70.0 Å². The van der Waals surface area contributed by atoms with Gasteiger partial charge in [0.2, 0.25) is 0 Å². The molecule has 6 heteroatoms. The highest BCUT2D eigenvalue weighted by molar-refractivity contribution is 5.94. The summed E-state index contributed by atoms with van der Waals surface area (Å²) in [5.41, 5.74) is 2.96. The van der Waals surface area contributed by atoms with E-state index in [2.05, 4.69) is 10.4 Å². The van der Waals surface area contributed by atoms with Gasteiger partial charge in [-0.1, -0.05) is 19.3 Å². The van der Waals surface area contributed by atoms with Crippen molar-refractivity contribution in [1.82, 2.24) is 20.0 Å². The zero-order valence-corrected chi connectivity index (χ0v) is 16.4. The van der Waals surface area contributed by atoms with Crippen molar-refractivity contribution < 1.29 is 9.21 Å². The molecule has 2 aliphatic rings. The van der Waals surface area contributed by atoms with E-state index in [1.165, 1.54) is 37.8 Å². The Morgan fingerprint density at radius 1 is 1.30 bits per heavy atom. The minimum absolute atomic E-state index is 0.0263. The maximum absolute atomic E-state index is 13.0. The van der Waals surface area contributed by atoms with Gasteiger partial charge in [-0.3, -0.25) is 9.48 Å². The number of furan rings is 1. The van der Waals surface area contributed by atoms with Gasteiger partial charge in [-0.25, -0.2) is 0 Å². The molecule has 1 amide bonds. The predicted octanol–water partition coefficient (Wildman–Crippen LogP) is 3.06. The summed E-state index contributed by atoms with van der Waals surface area (Å²) in [4.78, 5) is 14.7. The highest BCUT2D eigenvalue weighted by atomic mass is 16.3. The molecule has 0 bridgehead atoms. The molecular weight excluding hydrogens is 340 g/mol. The number of carbonyl (C=O) groups is 1. The molecule has 1 atom stereocenters. The van der Waals surface area contributed by atoms with Crippen LogP contribution in [0, 0.1) is 0 Å². The summed E-state index contributed by atoms with van der Waals surface area (Å²) in [5.74, 6) is 0.758. The quantitative estimate of drug-likeness (QED) is 0.879. The number of fused-ring (bicyclic) bond motifs is 1. The summed E-state index contributed by atoms with van der Waals surface area (Å²) in [6.07, 6.45) is 11.3. The molecule has 27 heavy (non-hydrogen) atoms. The number of nitrogens with zero attached hydrogens (tertiary/aromatic N) is 3. The van der Waals surface area contributed by atoms with Gasteiger partial charge in [0.15, 0.2) is 5.69 Å². The topological polar surface area (TPSA) is 63.3 Å². The van der Waals surface area contributed by atoms with E-state index < -0.39 is 0 Å². The standard InChI is InChI=1S/C21H30N4O2/c1-24(14-17-9-6-12-27-17)21(26)20-18-13-16(10-11-19(18)25(2)23-20)22-15-7-4-3-5-8-15/h6,9,12,15-16,22H,3-5,7-8,10-11,13-14H2,1-2H3. The Hall–Kier alpha value is -2.08. The van der Waals surface area contributed by atoms with Crippen LogP contribution in [0.3, 0.4) is 0 Å². The van der Waals surface area contributed by atoms with Gasteiger partial charge in [-0.05, 0) is 44.2 Å². The average Bonchev–Trinajstić information content (AvgIpc) is 3.30. The predicted molar refractivity (Wildman–Crippen MR) is 104 cm³/mol. The largest absolute Gasteiger partial charge is 0.467 e. The van der Waals surface area contributed by atoms with E-state index in [1.807, 2.05) is 30.9 Å². The van der Waals surface area contributed by atoms with Crippen LogP contribution in [0.1, 0.15) is 66.0 Å². The molecule has 0 aromatic carbocycles. The summed E-state index contributed by atoms with van der Waals surface area (Å²) >= 11 is 0. The normalized spacial score (nSPS) is 20.4. The molecule has 146 valence electrons. The van der Waals surface area contributed by atoms with E-state index in [-0.39, 0.29) is 5.91 Å². The molecule has 1 fully saturated rings. The van der Waals surface area contributed by atoms with E-state index in [0.717, 1.165) is 30.6 Å². The molecule has 1 saturated carbocycles. The Kier molecular flexibility index (Phi) is 5.34. The van der Waals surface area contributed by atoms with E-state index in [1.54, 1.807) is 11.2 Å². The zero-order chi connectivity index (χ0) is 18.8. The number of rotatable bonds is 5. The number of amides is 1. The van der Waals surface area contributed by atoms with Crippen LogP contribution >= 0.6 is 0 Å². The molecule has 2 heterocycles. The van der Waals surface area contributed by atoms with Crippen LogP contribution in [-0.4, -0.2) is 39.7 Å². The molecular formula is C21H30N4O2. The monoisotopic (exact) mass is 370 g/mol. The number of nitrogens with one attached hydrogen (secondary N) is 1. The summed E-state index contributed by atoms with van der Waals surface area (Å²) in [6, 6.07) is 4.83. The number of hydrogen-bond acceptors (Lipinski definition) is 4. The first kappa shape index (κ1) is 18.3. The summed E-state index contributed by atoms with van der Waals surface area (Å²) in [5, 5.41) is 8.45. The Morgan fingerprint density at radius 2 is 2.11 bits per heavy atom. The van der Waals surface area contributed by atoms with Gasteiger partial charge < -0.3 is 14.6 Å². The fourth-order valence-electron chi connectivity index (χ4n) is 4.59. The van der Waals surface area contributed by atoms with Gasteiger partial charge in [0.1, 0.15) is 5.76 Å². The van der Waals surface area contributed by atoms with Crippen LogP contribution < -0.4 is 5.32 Å². The second-order valence-corrected chi connectivity index (χ2v) is 8.08. The zero-order valence-electron chi connectivity index (χ0n) is 16.4. The lowest BCUT2D eigenvalue weighted by molar-refractivity contribution is 0.0767. The van der Waals surface area contributed by atoms with E-state index in [0.29, 0.717) is 24.3 Å². The Morgan fingerprint density at radius 3 is 2.85 bits per heavy atom. The van der Waals surface area contributed by atoms with Crippen molar-refractivity contribution in [3.63, 3.8) is 0 Å². The number of carbonyl (C=O) groups excluding carboxylic acids is 1. The van der Waals surface area contributed by atoms with Crippen molar-refractivity contribution in [1.29, 1.82) is 0 Å². The van der Waals surface area contributed by atoms with Crippen molar-refractivity contribution in [2.24, 2.45) is 7.05 Å². The highest BCUT2D eigenvalue weighted by Crippen LogP contribution is 2.27. The first-order chi connectivity index (χ1) is 13.1. The van der Waals surface area contributed by atoms with Crippen molar-refractivity contribution in [2.75, 3.05) is 7.05 Å². The number of aromatic nitrogens is 2. The Labute approximate surface area is 160 Å². The van der Waals surface area contributed by atoms with E-state index >= 15 is 0 Å². The lowest BCUT2D eigenvalue weighted by Crippen LogP contribution is -2.43. The summed E-state index contributed by atoms with van der Waals surface area (Å²) in [6.45, 7) is 0.459. The first-order valence-corrected chi connectivity index (χ1v) is 10.2. The van der Waals surface area contributed by atoms with Gasteiger partial charge in [-0.2, -0.15) is 5.10 Å². The van der Waals surface area contributed by atoms with Crippen molar-refractivity contribution in [3.05, 3.63) is 41.1 Å². The molecule has 0 saturated heterocycles. The van der Waals surface area contributed by atoms with E-state index in [4.69, 9.17) is 4.42 Å². The van der Waals surface area contributed by atoms with Crippen LogP contribution in [0.25, 0.3) is 0 Å². The lowest BCUT2D eigenvalue weighted by atomic mass is 9.88. The Balaban J connectivity index is 1.47. The fourth-order valence-corrected chi connectivity index (χ4v) is 4.59. The SMILES string of the molecule is CN(Cc1ccco1)C(=O)c1nn(C)c2c1CC(NC1CCCCC1)CC2. The molecule has 0 aliphatic heterocycles. The maximum Gasteiger partial charge on any atom is 0.274 e. The van der Waals surface area contributed by atoms with Crippen molar-refractivity contribution in [3.8, 4) is 0 Å². The minimum atomic E-state index is -0.0263. The smallest absolute Gasteiger partial charge is 0.274 e. The minimum Gasteiger partial charge on any atom is -0.467 e. The molecule has 2 aromatic heterocycles. The molecule has 2 aromatic rings. The van der Waals surface area contributed by atoms with Crippen LogP contribution in [0.15, 0.2) is 22.8 Å². The third kappa shape index (κ3) is 3.95. The van der Waals surface area contributed by atoms with Gasteiger partial charge >= 0.3 is 0 Å². The third-order valence-electron chi connectivity index (χ3n) is 6.05. The highest BCUT2D eigenvalue weighted by Gasteiger charge is 2.30. The van der Waals surface area contributed by atoms with Gasteiger partial charge in [-0.15, -0.1) is 0 Å².